The fraction of sp³-hybridized carbons (Fsp3) is 0.381. The Labute approximate surface area is 144 Å². The van der Waals surface area contributed by atoms with E-state index in [9.17, 15) is 0 Å². The zero-order chi connectivity index (χ0) is 16.5. The normalized spacial score (nSPS) is 27.1. The Balaban J connectivity index is 1.49. The minimum absolute atomic E-state index is 0.534. The van der Waals surface area contributed by atoms with Crippen molar-refractivity contribution in [3.05, 3.63) is 71.3 Å². The number of hydrogen-bond donors (Lipinski definition) is 0. The molecule has 3 nitrogen and oxygen atoms in total. The lowest BCUT2D eigenvalue weighted by Gasteiger charge is -2.27. The predicted octanol–water partition coefficient (Wildman–Crippen LogP) is 3.29. The molecule has 0 radical (unpaired) electrons. The molecule has 2 aromatic carbocycles. The molecule has 0 aromatic heterocycles. The summed E-state index contributed by atoms with van der Waals surface area (Å²) < 4.78 is 0. The lowest BCUT2D eigenvalue weighted by molar-refractivity contribution is 0.224. The standard InChI is InChI=1S/C21H23N3/c1-23-13-19-14-24(12-17-7-5-6-16(10-17)11-22)15-20(19)21(23)18-8-3-2-4-9-18/h2-10,19-21H,12-15H2,1H3/t19-,20+,21-/m0/s1. The maximum Gasteiger partial charge on any atom is 0.0991 e. The van der Waals surface area contributed by atoms with Gasteiger partial charge in [-0.05, 0) is 42.1 Å². The maximum absolute atomic E-state index is 9.08. The second-order valence-electron chi connectivity index (χ2n) is 7.23. The highest BCUT2D eigenvalue weighted by Gasteiger charge is 2.45. The molecule has 2 fully saturated rings. The highest BCUT2D eigenvalue weighted by atomic mass is 15.2. The first-order chi connectivity index (χ1) is 11.7. The van der Waals surface area contributed by atoms with Crippen LogP contribution in [0.1, 0.15) is 22.7 Å². The molecule has 2 aliphatic heterocycles. The van der Waals surface area contributed by atoms with Crippen LogP contribution in [0.3, 0.4) is 0 Å². The molecule has 0 unspecified atom stereocenters. The number of nitriles is 1. The van der Waals surface area contributed by atoms with Gasteiger partial charge in [0.05, 0.1) is 11.6 Å². The van der Waals surface area contributed by atoms with Crippen molar-refractivity contribution in [2.45, 2.75) is 12.6 Å². The topological polar surface area (TPSA) is 30.3 Å². The summed E-state index contributed by atoms with van der Waals surface area (Å²) in [5.74, 6) is 1.45. The molecule has 2 aromatic rings. The summed E-state index contributed by atoms with van der Waals surface area (Å²) in [5.41, 5.74) is 3.45. The van der Waals surface area contributed by atoms with E-state index in [1.165, 1.54) is 17.7 Å². The van der Waals surface area contributed by atoms with E-state index < -0.39 is 0 Å². The smallest absolute Gasteiger partial charge is 0.0991 e. The van der Waals surface area contributed by atoms with Crippen LogP contribution in [0.5, 0.6) is 0 Å². The molecule has 3 heteroatoms. The Kier molecular flexibility index (Phi) is 4.10. The minimum atomic E-state index is 0.534. The van der Waals surface area contributed by atoms with Crippen molar-refractivity contribution in [3.8, 4) is 6.07 Å². The van der Waals surface area contributed by atoms with E-state index in [0.29, 0.717) is 12.0 Å². The van der Waals surface area contributed by atoms with Crippen molar-refractivity contribution >= 4 is 0 Å². The van der Waals surface area contributed by atoms with Gasteiger partial charge in [-0.2, -0.15) is 5.26 Å². The van der Waals surface area contributed by atoms with E-state index in [2.05, 4.69) is 59.3 Å². The molecule has 3 atom stereocenters. The first kappa shape index (κ1) is 15.4. The number of fused-ring (bicyclic) bond motifs is 1. The molecule has 2 heterocycles. The van der Waals surface area contributed by atoms with Crippen LogP contribution in [-0.4, -0.2) is 36.5 Å². The van der Waals surface area contributed by atoms with Crippen LogP contribution < -0.4 is 0 Å². The van der Waals surface area contributed by atoms with Crippen LogP contribution in [0, 0.1) is 23.2 Å². The van der Waals surface area contributed by atoms with Crippen molar-refractivity contribution in [3.63, 3.8) is 0 Å². The number of benzene rings is 2. The third-order valence-electron chi connectivity index (χ3n) is 5.57. The van der Waals surface area contributed by atoms with Gasteiger partial charge >= 0.3 is 0 Å². The summed E-state index contributed by atoms with van der Waals surface area (Å²) >= 11 is 0. The van der Waals surface area contributed by atoms with E-state index in [1.807, 2.05) is 18.2 Å². The summed E-state index contributed by atoms with van der Waals surface area (Å²) in [6.45, 7) is 4.44. The molecule has 0 aliphatic carbocycles. The first-order valence-electron chi connectivity index (χ1n) is 8.71. The second kappa shape index (κ2) is 6.39. The van der Waals surface area contributed by atoms with Crippen LogP contribution in [0.25, 0.3) is 0 Å². The van der Waals surface area contributed by atoms with Gasteiger partial charge in [0.25, 0.3) is 0 Å². The van der Waals surface area contributed by atoms with E-state index >= 15 is 0 Å². The minimum Gasteiger partial charge on any atom is -0.299 e. The monoisotopic (exact) mass is 317 g/mol. The highest BCUT2D eigenvalue weighted by Crippen LogP contribution is 2.44. The van der Waals surface area contributed by atoms with Crippen molar-refractivity contribution in [2.24, 2.45) is 11.8 Å². The number of rotatable bonds is 3. The van der Waals surface area contributed by atoms with Gasteiger partial charge in [-0.1, -0.05) is 42.5 Å². The van der Waals surface area contributed by atoms with Crippen LogP contribution in [0.2, 0.25) is 0 Å². The van der Waals surface area contributed by atoms with E-state index in [-0.39, 0.29) is 0 Å². The molecule has 24 heavy (non-hydrogen) atoms. The third kappa shape index (κ3) is 2.84. The summed E-state index contributed by atoms with van der Waals surface area (Å²) in [5, 5.41) is 9.08. The SMILES string of the molecule is CN1C[C@H]2CN(Cc3cccc(C#N)c3)C[C@H]2[C@@H]1c1ccccc1. The summed E-state index contributed by atoms with van der Waals surface area (Å²) in [4.78, 5) is 5.09. The molecule has 0 N–H and O–H groups in total. The molecule has 4 rings (SSSR count). The van der Waals surface area contributed by atoms with Crippen molar-refractivity contribution in [1.82, 2.24) is 9.80 Å². The molecule has 122 valence electrons. The van der Waals surface area contributed by atoms with Gasteiger partial charge in [-0.3, -0.25) is 9.80 Å². The molecule has 0 bridgehead atoms. The fourth-order valence-electron chi connectivity index (χ4n) is 4.63. The summed E-state index contributed by atoms with van der Waals surface area (Å²) in [6.07, 6.45) is 0. The molecule has 2 aliphatic rings. The van der Waals surface area contributed by atoms with Crippen LogP contribution in [-0.2, 0) is 6.54 Å². The Morgan fingerprint density at radius 1 is 1.04 bits per heavy atom. The third-order valence-corrected chi connectivity index (χ3v) is 5.57. The Morgan fingerprint density at radius 3 is 2.67 bits per heavy atom. The molecule has 0 saturated carbocycles. The number of nitrogens with zero attached hydrogens (tertiary/aromatic N) is 3. The zero-order valence-corrected chi connectivity index (χ0v) is 14.1. The Hall–Kier alpha value is -2.15. The van der Waals surface area contributed by atoms with Crippen molar-refractivity contribution in [1.29, 1.82) is 5.26 Å². The average Bonchev–Trinajstić information content (AvgIpc) is 3.11. The zero-order valence-electron chi connectivity index (χ0n) is 14.1. The average molecular weight is 317 g/mol. The van der Waals surface area contributed by atoms with Gasteiger partial charge in [0.15, 0.2) is 0 Å². The van der Waals surface area contributed by atoms with E-state index in [0.717, 1.165) is 31.1 Å². The molecule has 0 amide bonds. The fourth-order valence-corrected chi connectivity index (χ4v) is 4.63. The largest absolute Gasteiger partial charge is 0.299 e. The highest BCUT2D eigenvalue weighted by molar-refractivity contribution is 5.33. The maximum atomic E-state index is 9.08. The van der Waals surface area contributed by atoms with Crippen LogP contribution >= 0.6 is 0 Å². The van der Waals surface area contributed by atoms with E-state index in [1.54, 1.807) is 0 Å². The lowest BCUT2D eigenvalue weighted by atomic mass is 9.90. The molecular weight excluding hydrogens is 294 g/mol. The van der Waals surface area contributed by atoms with Gasteiger partial charge in [-0.25, -0.2) is 0 Å². The van der Waals surface area contributed by atoms with Gasteiger partial charge < -0.3 is 0 Å². The van der Waals surface area contributed by atoms with Crippen molar-refractivity contribution in [2.75, 3.05) is 26.7 Å². The molecule has 2 saturated heterocycles. The van der Waals surface area contributed by atoms with Gasteiger partial charge in [0.1, 0.15) is 0 Å². The van der Waals surface area contributed by atoms with Gasteiger partial charge in [-0.15, -0.1) is 0 Å². The Bertz CT molecular complexity index is 749. The summed E-state index contributed by atoms with van der Waals surface area (Å²) in [6, 6.07) is 21.7. The van der Waals surface area contributed by atoms with E-state index in [4.69, 9.17) is 5.26 Å². The summed E-state index contributed by atoms with van der Waals surface area (Å²) in [7, 11) is 2.26. The van der Waals surface area contributed by atoms with Crippen LogP contribution in [0.15, 0.2) is 54.6 Å². The number of hydrogen-bond acceptors (Lipinski definition) is 3. The molecule has 0 spiro atoms. The van der Waals surface area contributed by atoms with Crippen molar-refractivity contribution < 1.29 is 0 Å². The van der Waals surface area contributed by atoms with Crippen LogP contribution in [0.4, 0.5) is 0 Å². The molecular formula is C21H23N3. The Morgan fingerprint density at radius 2 is 1.88 bits per heavy atom. The van der Waals surface area contributed by atoms with Gasteiger partial charge in [0, 0.05) is 32.2 Å². The van der Waals surface area contributed by atoms with Gasteiger partial charge in [0.2, 0.25) is 0 Å². The number of likely N-dealkylation sites (tertiary alicyclic amines) is 2. The second-order valence-corrected chi connectivity index (χ2v) is 7.23. The first-order valence-corrected chi connectivity index (χ1v) is 8.71. The lowest BCUT2D eigenvalue weighted by Crippen LogP contribution is -2.28. The quantitative estimate of drug-likeness (QED) is 0.870. The predicted molar refractivity (Wildman–Crippen MR) is 95.2 cm³/mol.